The van der Waals surface area contributed by atoms with E-state index in [-0.39, 0.29) is 11.8 Å². The third kappa shape index (κ3) is 4.63. The summed E-state index contributed by atoms with van der Waals surface area (Å²) in [6.45, 7) is 2.41. The van der Waals surface area contributed by atoms with Crippen LogP contribution >= 0.6 is 0 Å². The summed E-state index contributed by atoms with van der Waals surface area (Å²) in [6.07, 6.45) is 3.54. The minimum absolute atomic E-state index is 0.0537. The van der Waals surface area contributed by atoms with Crippen molar-refractivity contribution in [3.8, 4) is 17.2 Å². The molecule has 0 aliphatic rings. The second-order valence-electron chi connectivity index (χ2n) is 5.92. The molecule has 134 valence electrons. The Hall–Kier alpha value is -3.28. The van der Waals surface area contributed by atoms with Gasteiger partial charge in [0.2, 0.25) is 5.91 Å². The van der Waals surface area contributed by atoms with Crippen LogP contribution in [0.4, 0.5) is 5.69 Å². The predicted molar refractivity (Wildman–Crippen MR) is 99.5 cm³/mol. The number of nitrogens with zero attached hydrogens (tertiary/aromatic N) is 2. The molecular weight excluding hydrogens is 330 g/mol. The first-order valence-electron chi connectivity index (χ1n) is 8.34. The Morgan fingerprint density at radius 1 is 1.12 bits per heavy atom. The lowest BCUT2D eigenvalue weighted by Crippen LogP contribution is -2.24. The van der Waals surface area contributed by atoms with E-state index < -0.39 is 0 Å². The fourth-order valence-corrected chi connectivity index (χ4v) is 2.44. The topological polar surface area (TPSA) is 65.4 Å². The van der Waals surface area contributed by atoms with Crippen LogP contribution in [0.5, 0.6) is 17.2 Å². The monoisotopic (exact) mass is 351 g/mol. The highest BCUT2D eigenvalue weighted by molar-refractivity contribution is 5.92. The Morgan fingerprint density at radius 2 is 1.88 bits per heavy atom. The SMILES string of the molecule is COc1cccc(Oc2ccc(NC(=O)C(C)Cn3cccn3)cc2)c1. The van der Waals surface area contributed by atoms with E-state index in [0.29, 0.717) is 18.0 Å². The number of carbonyl (C=O) groups is 1. The summed E-state index contributed by atoms with van der Waals surface area (Å²) in [4.78, 5) is 12.3. The smallest absolute Gasteiger partial charge is 0.229 e. The highest BCUT2D eigenvalue weighted by Crippen LogP contribution is 2.26. The molecular formula is C20H21N3O3. The molecule has 3 rings (SSSR count). The van der Waals surface area contributed by atoms with E-state index in [1.807, 2.05) is 67.7 Å². The summed E-state index contributed by atoms with van der Waals surface area (Å²) < 4.78 is 12.7. The molecule has 0 bridgehead atoms. The van der Waals surface area contributed by atoms with Gasteiger partial charge < -0.3 is 14.8 Å². The lowest BCUT2D eigenvalue weighted by atomic mass is 10.1. The van der Waals surface area contributed by atoms with E-state index in [1.54, 1.807) is 18.0 Å². The zero-order chi connectivity index (χ0) is 18.4. The van der Waals surface area contributed by atoms with Crippen LogP contribution in [0.25, 0.3) is 0 Å². The minimum Gasteiger partial charge on any atom is -0.497 e. The second kappa shape index (κ2) is 8.20. The van der Waals surface area contributed by atoms with Crippen molar-refractivity contribution >= 4 is 11.6 Å². The van der Waals surface area contributed by atoms with Crippen molar-refractivity contribution in [3.63, 3.8) is 0 Å². The van der Waals surface area contributed by atoms with E-state index in [1.165, 1.54) is 0 Å². The molecule has 1 heterocycles. The zero-order valence-electron chi connectivity index (χ0n) is 14.8. The normalized spacial score (nSPS) is 11.6. The lowest BCUT2D eigenvalue weighted by Gasteiger charge is -2.13. The summed E-state index contributed by atoms with van der Waals surface area (Å²) in [6, 6.07) is 16.5. The van der Waals surface area contributed by atoms with Gasteiger partial charge in [-0.05, 0) is 42.5 Å². The van der Waals surface area contributed by atoms with Crippen molar-refractivity contribution in [2.75, 3.05) is 12.4 Å². The quantitative estimate of drug-likeness (QED) is 0.700. The number of hydrogen-bond donors (Lipinski definition) is 1. The predicted octanol–water partition coefficient (Wildman–Crippen LogP) is 3.96. The number of benzene rings is 2. The van der Waals surface area contributed by atoms with Crippen LogP contribution in [0.15, 0.2) is 67.0 Å². The van der Waals surface area contributed by atoms with E-state index in [0.717, 1.165) is 11.4 Å². The molecule has 6 heteroatoms. The molecule has 1 aromatic heterocycles. The Balaban J connectivity index is 1.57. The zero-order valence-corrected chi connectivity index (χ0v) is 14.8. The molecule has 0 fully saturated rings. The van der Waals surface area contributed by atoms with Crippen molar-refractivity contribution in [2.45, 2.75) is 13.5 Å². The van der Waals surface area contributed by atoms with Crippen molar-refractivity contribution in [2.24, 2.45) is 5.92 Å². The molecule has 6 nitrogen and oxygen atoms in total. The summed E-state index contributed by atoms with van der Waals surface area (Å²) in [5, 5.41) is 7.03. The minimum atomic E-state index is -0.192. The van der Waals surface area contributed by atoms with Gasteiger partial charge in [-0.25, -0.2) is 0 Å². The van der Waals surface area contributed by atoms with Crippen molar-refractivity contribution < 1.29 is 14.3 Å². The lowest BCUT2D eigenvalue weighted by molar-refractivity contribution is -0.119. The van der Waals surface area contributed by atoms with Crippen LogP contribution < -0.4 is 14.8 Å². The van der Waals surface area contributed by atoms with Crippen LogP contribution in [0.1, 0.15) is 6.92 Å². The van der Waals surface area contributed by atoms with Gasteiger partial charge in [-0.1, -0.05) is 13.0 Å². The van der Waals surface area contributed by atoms with Crippen LogP contribution in [0, 0.1) is 5.92 Å². The van der Waals surface area contributed by atoms with Gasteiger partial charge in [0.25, 0.3) is 0 Å². The number of ether oxygens (including phenoxy) is 2. The molecule has 1 unspecified atom stereocenters. The summed E-state index contributed by atoms with van der Waals surface area (Å²) in [7, 11) is 1.62. The fraction of sp³-hybridized carbons (Fsp3) is 0.200. The number of amides is 1. The maximum Gasteiger partial charge on any atom is 0.229 e. The number of anilines is 1. The van der Waals surface area contributed by atoms with Gasteiger partial charge in [0, 0.05) is 24.1 Å². The van der Waals surface area contributed by atoms with Crippen LogP contribution in [0.3, 0.4) is 0 Å². The Bertz CT molecular complexity index is 845. The fourth-order valence-electron chi connectivity index (χ4n) is 2.44. The van der Waals surface area contributed by atoms with Gasteiger partial charge in [-0.3, -0.25) is 9.48 Å². The van der Waals surface area contributed by atoms with Gasteiger partial charge in [-0.15, -0.1) is 0 Å². The Labute approximate surface area is 152 Å². The average molecular weight is 351 g/mol. The van der Waals surface area contributed by atoms with Gasteiger partial charge in [0.15, 0.2) is 0 Å². The largest absolute Gasteiger partial charge is 0.497 e. The molecule has 0 aliphatic carbocycles. The molecule has 1 amide bonds. The van der Waals surface area contributed by atoms with Gasteiger partial charge in [-0.2, -0.15) is 5.10 Å². The Kier molecular flexibility index (Phi) is 5.53. The molecule has 2 aromatic carbocycles. The molecule has 0 aliphatic heterocycles. The molecule has 0 spiro atoms. The standard InChI is InChI=1S/C20H21N3O3/c1-15(14-23-12-4-11-21-23)20(24)22-16-7-9-17(10-8-16)26-19-6-3-5-18(13-19)25-2/h3-13,15H,14H2,1-2H3,(H,22,24). The van der Waals surface area contributed by atoms with E-state index >= 15 is 0 Å². The maximum atomic E-state index is 12.3. The Morgan fingerprint density at radius 3 is 2.58 bits per heavy atom. The maximum absolute atomic E-state index is 12.3. The first-order chi connectivity index (χ1) is 12.6. The number of carbonyl (C=O) groups excluding carboxylic acids is 1. The van der Waals surface area contributed by atoms with Crippen molar-refractivity contribution in [3.05, 3.63) is 67.0 Å². The average Bonchev–Trinajstić information content (AvgIpc) is 3.16. The first-order valence-corrected chi connectivity index (χ1v) is 8.34. The summed E-state index contributed by atoms with van der Waals surface area (Å²) in [5.74, 6) is 1.86. The third-order valence-corrected chi connectivity index (χ3v) is 3.87. The van der Waals surface area contributed by atoms with E-state index in [2.05, 4.69) is 10.4 Å². The number of methoxy groups -OCH3 is 1. The van der Waals surface area contributed by atoms with Gasteiger partial charge in [0.1, 0.15) is 17.2 Å². The molecule has 0 saturated heterocycles. The van der Waals surface area contributed by atoms with E-state index in [9.17, 15) is 4.79 Å². The number of rotatable bonds is 7. The second-order valence-corrected chi connectivity index (χ2v) is 5.92. The molecule has 0 radical (unpaired) electrons. The van der Waals surface area contributed by atoms with Crippen LogP contribution in [-0.4, -0.2) is 22.8 Å². The first kappa shape index (κ1) is 17.5. The summed E-state index contributed by atoms with van der Waals surface area (Å²) in [5.41, 5.74) is 0.723. The number of nitrogens with one attached hydrogen (secondary N) is 1. The van der Waals surface area contributed by atoms with Gasteiger partial charge >= 0.3 is 0 Å². The molecule has 0 saturated carbocycles. The van der Waals surface area contributed by atoms with Crippen molar-refractivity contribution in [1.82, 2.24) is 9.78 Å². The van der Waals surface area contributed by atoms with Crippen LogP contribution in [0.2, 0.25) is 0 Å². The molecule has 1 N–H and O–H groups in total. The number of aromatic nitrogens is 2. The van der Waals surface area contributed by atoms with E-state index in [4.69, 9.17) is 9.47 Å². The summed E-state index contributed by atoms with van der Waals surface area (Å²) >= 11 is 0. The van der Waals surface area contributed by atoms with Crippen LogP contribution in [-0.2, 0) is 11.3 Å². The highest BCUT2D eigenvalue weighted by Gasteiger charge is 2.14. The molecule has 1 atom stereocenters. The van der Waals surface area contributed by atoms with Crippen molar-refractivity contribution in [1.29, 1.82) is 0 Å². The third-order valence-electron chi connectivity index (χ3n) is 3.87. The number of hydrogen-bond acceptors (Lipinski definition) is 4. The molecule has 26 heavy (non-hydrogen) atoms. The van der Waals surface area contributed by atoms with Gasteiger partial charge in [0.05, 0.1) is 19.6 Å². The molecule has 3 aromatic rings. The highest BCUT2D eigenvalue weighted by atomic mass is 16.5.